The van der Waals surface area contributed by atoms with Crippen LogP contribution in [0.15, 0.2) is 30.6 Å². The minimum absolute atomic E-state index is 0.141. The molecule has 0 radical (unpaired) electrons. The molecule has 1 aromatic heterocycles. The fourth-order valence-corrected chi connectivity index (χ4v) is 1.32. The number of rotatable bonds is 2. The lowest BCUT2D eigenvalue weighted by molar-refractivity contribution is 0.585. The first kappa shape index (κ1) is 10.4. The predicted molar refractivity (Wildman–Crippen MR) is 55.2 cm³/mol. The molecule has 0 fully saturated rings. The molecule has 6 heteroatoms. The highest BCUT2D eigenvalue weighted by Crippen LogP contribution is 2.25. The molecular formula is C10H8F2N4. The Morgan fingerprint density at radius 1 is 1.12 bits per heavy atom. The van der Waals surface area contributed by atoms with Crippen molar-refractivity contribution >= 4 is 5.82 Å². The van der Waals surface area contributed by atoms with E-state index < -0.39 is 11.6 Å². The van der Waals surface area contributed by atoms with Gasteiger partial charge in [-0.05, 0) is 12.1 Å². The van der Waals surface area contributed by atoms with Gasteiger partial charge in [-0.2, -0.15) is 0 Å². The van der Waals surface area contributed by atoms with Crippen molar-refractivity contribution in [1.82, 2.24) is 9.97 Å². The van der Waals surface area contributed by atoms with Gasteiger partial charge in [-0.3, -0.25) is 4.98 Å². The van der Waals surface area contributed by atoms with E-state index in [1.807, 2.05) is 0 Å². The molecular weight excluding hydrogens is 214 g/mol. The third kappa shape index (κ3) is 1.82. The fourth-order valence-electron chi connectivity index (χ4n) is 1.32. The van der Waals surface area contributed by atoms with Gasteiger partial charge in [0.1, 0.15) is 17.3 Å². The Balaban J connectivity index is 2.58. The standard InChI is InChI=1S/C10H8F2N4/c11-6-1-2-7(8(12)5-6)9-10(16-13)15-4-3-14-9/h1-5H,13H2,(H,15,16). The zero-order chi connectivity index (χ0) is 11.5. The summed E-state index contributed by atoms with van der Waals surface area (Å²) in [6.45, 7) is 0. The minimum Gasteiger partial charge on any atom is -0.307 e. The zero-order valence-corrected chi connectivity index (χ0v) is 8.11. The summed E-state index contributed by atoms with van der Waals surface area (Å²) < 4.78 is 26.2. The molecule has 1 aromatic carbocycles. The Labute approximate surface area is 90.1 Å². The van der Waals surface area contributed by atoms with E-state index in [0.717, 1.165) is 12.1 Å². The molecule has 0 aliphatic carbocycles. The Kier molecular flexibility index (Phi) is 2.74. The van der Waals surface area contributed by atoms with Crippen LogP contribution in [0, 0.1) is 11.6 Å². The maximum Gasteiger partial charge on any atom is 0.166 e. The van der Waals surface area contributed by atoms with Crippen LogP contribution in [0.4, 0.5) is 14.6 Å². The molecule has 1 heterocycles. The number of nitrogens with two attached hydrogens (primary N) is 1. The smallest absolute Gasteiger partial charge is 0.166 e. The van der Waals surface area contributed by atoms with Crippen molar-refractivity contribution in [3.63, 3.8) is 0 Å². The molecule has 4 nitrogen and oxygen atoms in total. The van der Waals surface area contributed by atoms with E-state index in [9.17, 15) is 8.78 Å². The molecule has 0 aliphatic heterocycles. The Morgan fingerprint density at radius 3 is 2.56 bits per heavy atom. The number of aromatic nitrogens is 2. The van der Waals surface area contributed by atoms with Crippen molar-refractivity contribution in [2.24, 2.45) is 5.84 Å². The first-order chi connectivity index (χ1) is 7.72. The maximum absolute atomic E-state index is 13.5. The summed E-state index contributed by atoms with van der Waals surface area (Å²) in [4.78, 5) is 7.82. The van der Waals surface area contributed by atoms with Crippen LogP contribution in [0.2, 0.25) is 0 Å². The van der Waals surface area contributed by atoms with E-state index in [1.165, 1.54) is 18.5 Å². The molecule has 0 atom stereocenters. The first-order valence-corrected chi connectivity index (χ1v) is 4.45. The molecule has 0 amide bonds. The van der Waals surface area contributed by atoms with Crippen LogP contribution in [0.3, 0.4) is 0 Å². The SMILES string of the molecule is NNc1nccnc1-c1ccc(F)cc1F. The first-order valence-electron chi connectivity index (χ1n) is 4.45. The maximum atomic E-state index is 13.5. The predicted octanol–water partition coefficient (Wildman–Crippen LogP) is 1.71. The van der Waals surface area contributed by atoms with Crippen molar-refractivity contribution in [3.8, 4) is 11.3 Å². The number of anilines is 1. The number of halogens is 2. The Hall–Kier alpha value is -2.08. The average Bonchev–Trinajstić information content (AvgIpc) is 2.29. The Morgan fingerprint density at radius 2 is 1.88 bits per heavy atom. The van der Waals surface area contributed by atoms with Gasteiger partial charge >= 0.3 is 0 Å². The highest BCUT2D eigenvalue weighted by Gasteiger charge is 2.12. The van der Waals surface area contributed by atoms with E-state index in [0.29, 0.717) is 0 Å². The summed E-state index contributed by atoms with van der Waals surface area (Å²) in [5, 5.41) is 0. The average molecular weight is 222 g/mol. The third-order valence-electron chi connectivity index (χ3n) is 2.02. The molecule has 0 aliphatic rings. The van der Waals surface area contributed by atoms with Gasteiger partial charge in [-0.1, -0.05) is 0 Å². The molecule has 82 valence electrons. The van der Waals surface area contributed by atoms with E-state index in [4.69, 9.17) is 5.84 Å². The van der Waals surface area contributed by atoms with Crippen LogP contribution >= 0.6 is 0 Å². The zero-order valence-electron chi connectivity index (χ0n) is 8.11. The van der Waals surface area contributed by atoms with Crippen molar-refractivity contribution in [2.45, 2.75) is 0 Å². The topological polar surface area (TPSA) is 63.8 Å². The van der Waals surface area contributed by atoms with E-state index in [2.05, 4.69) is 15.4 Å². The van der Waals surface area contributed by atoms with Crippen LogP contribution in [0.1, 0.15) is 0 Å². The number of hydrogen-bond acceptors (Lipinski definition) is 4. The van der Waals surface area contributed by atoms with Crippen molar-refractivity contribution in [3.05, 3.63) is 42.2 Å². The van der Waals surface area contributed by atoms with Gasteiger partial charge in [0.15, 0.2) is 5.82 Å². The van der Waals surface area contributed by atoms with Gasteiger partial charge in [0.2, 0.25) is 0 Å². The summed E-state index contributed by atoms with van der Waals surface area (Å²) >= 11 is 0. The van der Waals surface area contributed by atoms with Crippen LogP contribution in [0.5, 0.6) is 0 Å². The molecule has 0 saturated carbocycles. The summed E-state index contributed by atoms with van der Waals surface area (Å²) in [6, 6.07) is 3.22. The van der Waals surface area contributed by atoms with Crippen molar-refractivity contribution < 1.29 is 8.78 Å². The van der Waals surface area contributed by atoms with Gasteiger partial charge in [-0.15, -0.1) is 0 Å². The molecule has 0 unspecified atom stereocenters. The number of nitrogens with zero attached hydrogens (tertiary/aromatic N) is 2. The lowest BCUT2D eigenvalue weighted by Gasteiger charge is -2.07. The van der Waals surface area contributed by atoms with Crippen LogP contribution in [-0.4, -0.2) is 9.97 Å². The van der Waals surface area contributed by atoms with E-state index in [1.54, 1.807) is 0 Å². The number of benzene rings is 1. The third-order valence-corrected chi connectivity index (χ3v) is 2.02. The summed E-state index contributed by atoms with van der Waals surface area (Å²) in [6.07, 6.45) is 2.82. The molecule has 0 spiro atoms. The molecule has 0 bridgehead atoms. The quantitative estimate of drug-likeness (QED) is 0.599. The van der Waals surface area contributed by atoms with Gasteiger partial charge in [0, 0.05) is 24.0 Å². The number of hydrazine groups is 1. The summed E-state index contributed by atoms with van der Waals surface area (Å²) in [5.74, 6) is 4.09. The lowest BCUT2D eigenvalue weighted by Crippen LogP contribution is -2.10. The normalized spacial score (nSPS) is 10.2. The van der Waals surface area contributed by atoms with E-state index in [-0.39, 0.29) is 17.1 Å². The number of hydrogen-bond donors (Lipinski definition) is 2. The second kappa shape index (κ2) is 4.19. The van der Waals surface area contributed by atoms with Crippen molar-refractivity contribution in [1.29, 1.82) is 0 Å². The van der Waals surface area contributed by atoms with Crippen LogP contribution < -0.4 is 11.3 Å². The second-order valence-corrected chi connectivity index (χ2v) is 3.02. The number of nitrogens with one attached hydrogen (secondary N) is 1. The van der Waals surface area contributed by atoms with Crippen LogP contribution in [0.25, 0.3) is 11.3 Å². The van der Waals surface area contributed by atoms with Crippen LogP contribution in [-0.2, 0) is 0 Å². The fraction of sp³-hybridized carbons (Fsp3) is 0. The molecule has 2 rings (SSSR count). The highest BCUT2D eigenvalue weighted by molar-refractivity contribution is 5.71. The lowest BCUT2D eigenvalue weighted by atomic mass is 10.1. The number of nitrogen functional groups attached to an aromatic ring is 1. The molecule has 16 heavy (non-hydrogen) atoms. The second-order valence-electron chi connectivity index (χ2n) is 3.02. The molecule has 0 saturated heterocycles. The summed E-state index contributed by atoms with van der Waals surface area (Å²) in [7, 11) is 0. The summed E-state index contributed by atoms with van der Waals surface area (Å²) in [5.41, 5.74) is 2.68. The minimum atomic E-state index is -0.711. The largest absolute Gasteiger partial charge is 0.307 e. The molecule has 3 N–H and O–H groups in total. The van der Waals surface area contributed by atoms with Crippen molar-refractivity contribution in [2.75, 3.05) is 5.43 Å². The highest BCUT2D eigenvalue weighted by atomic mass is 19.1. The molecule has 2 aromatic rings. The van der Waals surface area contributed by atoms with Gasteiger partial charge in [-0.25, -0.2) is 19.6 Å². The van der Waals surface area contributed by atoms with Gasteiger partial charge in [0.25, 0.3) is 0 Å². The Bertz CT molecular complexity index is 516. The van der Waals surface area contributed by atoms with Gasteiger partial charge < -0.3 is 5.43 Å². The van der Waals surface area contributed by atoms with Gasteiger partial charge in [0.05, 0.1) is 0 Å². The van der Waals surface area contributed by atoms with E-state index >= 15 is 0 Å². The monoisotopic (exact) mass is 222 g/mol.